The number of carbonyl (C=O) groups excluding carboxylic acids is 1. The van der Waals surface area contributed by atoms with Crippen LogP contribution in [0.25, 0.3) is 21.3 Å². The summed E-state index contributed by atoms with van der Waals surface area (Å²) < 4.78 is 5.47. The van der Waals surface area contributed by atoms with Crippen LogP contribution in [-0.2, 0) is 16.1 Å². The van der Waals surface area contributed by atoms with E-state index in [-0.39, 0.29) is 0 Å². The summed E-state index contributed by atoms with van der Waals surface area (Å²) in [5.41, 5.74) is 7.80. The molecule has 0 saturated carbocycles. The molecule has 0 aliphatic carbocycles. The van der Waals surface area contributed by atoms with Gasteiger partial charge in [0.2, 0.25) is 5.91 Å². The summed E-state index contributed by atoms with van der Waals surface area (Å²) >= 11 is 1.58. The van der Waals surface area contributed by atoms with Gasteiger partial charge in [0, 0.05) is 23.9 Å². The topological polar surface area (TPSA) is 106 Å². The predicted molar refractivity (Wildman–Crippen MR) is 119 cm³/mol. The van der Waals surface area contributed by atoms with Gasteiger partial charge in [0.1, 0.15) is 36.3 Å². The first-order valence-electron chi connectivity index (χ1n) is 10.6. The lowest BCUT2D eigenvalue weighted by molar-refractivity contribution is -0.922. The van der Waals surface area contributed by atoms with E-state index in [2.05, 4.69) is 17.5 Å². The summed E-state index contributed by atoms with van der Waals surface area (Å²) in [6, 6.07) is 9.52. The fraction of sp³-hybridized carbons (Fsp3) is 0.409. The first kappa shape index (κ1) is 20.3. The van der Waals surface area contributed by atoms with Crippen molar-refractivity contribution >= 4 is 33.3 Å². The number of thiophene rings is 1. The number of nitrogens with one attached hydrogen (secondary N) is 1. The van der Waals surface area contributed by atoms with Crippen LogP contribution < -0.4 is 15.5 Å². The molecule has 0 spiro atoms. The van der Waals surface area contributed by atoms with Gasteiger partial charge in [-0.15, -0.1) is 11.3 Å². The van der Waals surface area contributed by atoms with Gasteiger partial charge in [-0.3, -0.25) is 4.79 Å². The number of aliphatic hydroxyl groups is 1. The van der Waals surface area contributed by atoms with Crippen molar-refractivity contribution in [3.63, 3.8) is 0 Å². The number of hydrogen-bond acceptors (Lipinski definition) is 7. The van der Waals surface area contributed by atoms with Gasteiger partial charge >= 0.3 is 0 Å². The first-order chi connectivity index (χ1) is 15.1. The van der Waals surface area contributed by atoms with E-state index in [1.54, 1.807) is 11.3 Å². The van der Waals surface area contributed by atoms with Crippen LogP contribution >= 0.6 is 11.3 Å². The SMILES string of the molecule is NC(=O)[C@@H]1C[C@H](O)CN1c1nc(C[NH+]2CCOCC2)nc2scc(-c3ccccc3)c12. The lowest BCUT2D eigenvalue weighted by Crippen LogP contribution is -3.12. The van der Waals surface area contributed by atoms with Crippen molar-refractivity contribution in [1.82, 2.24) is 9.97 Å². The van der Waals surface area contributed by atoms with Gasteiger partial charge in [-0.2, -0.15) is 0 Å². The normalized spacial score (nSPS) is 22.3. The van der Waals surface area contributed by atoms with Crippen molar-refractivity contribution in [2.75, 3.05) is 37.7 Å². The molecule has 5 rings (SSSR count). The van der Waals surface area contributed by atoms with Crippen molar-refractivity contribution in [2.24, 2.45) is 5.73 Å². The van der Waals surface area contributed by atoms with E-state index in [9.17, 15) is 9.90 Å². The Kier molecular flexibility index (Phi) is 5.58. The average molecular weight is 441 g/mol. The van der Waals surface area contributed by atoms with E-state index in [1.807, 2.05) is 23.1 Å². The number of amides is 1. The number of nitrogens with two attached hydrogens (primary N) is 1. The highest BCUT2D eigenvalue weighted by Gasteiger charge is 2.37. The average Bonchev–Trinajstić information content (AvgIpc) is 3.38. The Bertz CT molecular complexity index is 1080. The Balaban J connectivity index is 1.63. The number of hydrogen-bond donors (Lipinski definition) is 3. The molecule has 2 aliphatic heterocycles. The summed E-state index contributed by atoms with van der Waals surface area (Å²) in [5.74, 6) is 0.985. The number of primary amides is 1. The second kappa shape index (κ2) is 8.51. The molecule has 2 fully saturated rings. The Labute approximate surface area is 184 Å². The molecule has 8 nitrogen and oxygen atoms in total. The van der Waals surface area contributed by atoms with E-state index in [1.165, 1.54) is 4.90 Å². The third kappa shape index (κ3) is 4.01. The quantitative estimate of drug-likeness (QED) is 0.523. The zero-order valence-corrected chi connectivity index (χ0v) is 18.0. The summed E-state index contributed by atoms with van der Waals surface area (Å²) in [5, 5.41) is 13.3. The molecule has 4 N–H and O–H groups in total. The largest absolute Gasteiger partial charge is 0.391 e. The molecule has 1 amide bonds. The van der Waals surface area contributed by atoms with Crippen molar-refractivity contribution in [3.05, 3.63) is 41.5 Å². The molecule has 31 heavy (non-hydrogen) atoms. The standard InChI is InChI=1S/C22H25N5O3S/c23-20(29)17-10-15(28)11-27(17)21-19-16(14-4-2-1-3-5-14)13-31-22(19)25-18(24-21)12-26-6-8-30-9-7-26/h1-5,13,15,17,28H,6-12H2,(H2,23,29)/p+1/t15-,17-/m0/s1. The van der Waals surface area contributed by atoms with Crippen molar-refractivity contribution in [1.29, 1.82) is 0 Å². The highest BCUT2D eigenvalue weighted by molar-refractivity contribution is 7.17. The fourth-order valence-electron chi connectivity index (χ4n) is 4.46. The van der Waals surface area contributed by atoms with Gasteiger partial charge < -0.3 is 25.4 Å². The molecule has 4 heterocycles. The molecule has 2 saturated heterocycles. The zero-order valence-electron chi connectivity index (χ0n) is 17.2. The molecule has 162 valence electrons. The van der Waals surface area contributed by atoms with E-state index in [0.717, 1.165) is 53.5 Å². The molecule has 0 bridgehead atoms. The molecule has 2 atom stereocenters. The Morgan fingerprint density at radius 1 is 1.26 bits per heavy atom. The number of benzene rings is 1. The first-order valence-corrected chi connectivity index (χ1v) is 11.5. The summed E-state index contributed by atoms with van der Waals surface area (Å²) in [6.07, 6.45) is -0.301. The smallest absolute Gasteiger partial charge is 0.240 e. The van der Waals surface area contributed by atoms with Crippen LogP contribution in [0.2, 0.25) is 0 Å². The van der Waals surface area contributed by atoms with Crippen LogP contribution in [0.3, 0.4) is 0 Å². The van der Waals surface area contributed by atoms with Crippen LogP contribution in [-0.4, -0.2) is 66.0 Å². The van der Waals surface area contributed by atoms with Gasteiger partial charge in [0.25, 0.3) is 0 Å². The number of quaternary nitrogens is 1. The number of fused-ring (bicyclic) bond motifs is 1. The van der Waals surface area contributed by atoms with Crippen LogP contribution in [0.4, 0.5) is 5.82 Å². The molecular weight excluding hydrogens is 414 g/mol. The highest BCUT2D eigenvalue weighted by atomic mass is 32.1. The Morgan fingerprint density at radius 3 is 2.77 bits per heavy atom. The molecule has 3 aromatic rings. The van der Waals surface area contributed by atoms with Gasteiger partial charge in [-0.25, -0.2) is 9.97 Å². The van der Waals surface area contributed by atoms with Gasteiger partial charge in [-0.1, -0.05) is 30.3 Å². The van der Waals surface area contributed by atoms with Gasteiger partial charge in [0.05, 0.1) is 24.7 Å². The summed E-state index contributed by atoms with van der Waals surface area (Å²) in [6.45, 7) is 4.34. The Hall–Kier alpha value is -2.59. The van der Waals surface area contributed by atoms with Crippen LogP contribution in [0.5, 0.6) is 0 Å². The molecule has 0 unspecified atom stereocenters. The number of morpholine rings is 1. The molecular formula is C22H26N5O3S+. The van der Waals surface area contributed by atoms with Gasteiger partial charge in [-0.05, 0) is 5.56 Å². The number of aromatic nitrogens is 2. The van der Waals surface area contributed by atoms with Crippen molar-refractivity contribution in [2.45, 2.75) is 25.1 Å². The lowest BCUT2D eigenvalue weighted by atomic mass is 10.1. The number of ether oxygens (including phenoxy) is 1. The van der Waals surface area contributed by atoms with Crippen LogP contribution in [0, 0.1) is 0 Å². The molecule has 9 heteroatoms. The Morgan fingerprint density at radius 2 is 2.03 bits per heavy atom. The third-order valence-electron chi connectivity index (χ3n) is 6.03. The van der Waals surface area contributed by atoms with E-state index in [4.69, 9.17) is 20.4 Å². The highest BCUT2D eigenvalue weighted by Crippen LogP contribution is 2.40. The number of rotatable bonds is 5. The van der Waals surface area contributed by atoms with Crippen molar-refractivity contribution < 1.29 is 19.5 Å². The number of anilines is 1. The molecule has 0 radical (unpaired) electrons. The monoisotopic (exact) mass is 440 g/mol. The van der Waals surface area contributed by atoms with Crippen molar-refractivity contribution in [3.8, 4) is 11.1 Å². The van der Waals surface area contributed by atoms with E-state index >= 15 is 0 Å². The maximum absolute atomic E-state index is 12.2. The van der Waals surface area contributed by atoms with Crippen LogP contribution in [0.15, 0.2) is 35.7 Å². The maximum atomic E-state index is 12.2. The molecule has 2 aliphatic rings. The van der Waals surface area contributed by atoms with Gasteiger partial charge in [0.15, 0.2) is 5.82 Å². The fourth-order valence-corrected chi connectivity index (χ4v) is 5.42. The number of nitrogens with zero attached hydrogens (tertiary/aromatic N) is 3. The predicted octanol–water partition coefficient (Wildman–Crippen LogP) is 0.198. The minimum Gasteiger partial charge on any atom is -0.391 e. The zero-order chi connectivity index (χ0) is 21.4. The summed E-state index contributed by atoms with van der Waals surface area (Å²) in [7, 11) is 0. The molecule has 2 aromatic heterocycles. The van der Waals surface area contributed by atoms with Crippen LogP contribution in [0.1, 0.15) is 12.2 Å². The minimum absolute atomic E-state index is 0.315. The second-order valence-electron chi connectivity index (χ2n) is 8.16. The van der Waals surface area contributed by atoms with E-state index < -0.39 is 18.1 Å². The number of aliphatic hydroxyl groups excluding tert-OH is 1. The second-order valence-corrected chi connectivity index (χ2v) is 9.02. The lowest BCUT2D eigenvalue weighted by Gasteiger charge is -2.26. The number of β-amino-alcohol motifs (C(OH)–C–C–N with tert-alkyl or cyclic N) is 1. The molecule has 1 aromatic carbocycles. The third-order valence-corrected chi connectivity index (χ3v) is 6.91. The summed E-state index contributed by atoms with van der Waals surface area (Å²) in [4.78, 5) is 26.1. The van der Waals surface area contributed by atoms with E-state index in [0.29, 0.717) is 25.3 Å². The maximum Gasteiger partial charge on any atom is 0.240 e. The number of carbonyl (C=O) groups is 1. The minimum atomic E-state index is -0.616.